The molecule has 2 fully saturated rings. The van der Waals surface area contributed by atoms with Crippen LogP contribution in [0.1, 0.15) is 92.9 Å². The first-order valence-corrected chi connectivity index (χ1v) is 9.93. The van der Waals surface area contributed by atoms with Gasteiger partial charge in [-0.15, -0.1) is 0 Å². The van der Waals surface area contributed by atoms with Crippen LogP contribution in [0.25, 0.3) is 0 Å². The Balaban J connectivity index is 1.68. The van der Waals surface area contributed by atoms with Crippen LogP contribution in [-0.2, 0) is 9.47 Å². The molecule has 0 aromatic rings. The number of carbonyl (C=O) groups excluding carboxylic acids is 1. The van der Waals surface area contributed by atoms with Gasteiger partial charge in [-0.3, -0.25) is 0 Å². The predicted molar refractivity (Wildman–Crippen MR) is 98.0 cm³/mol. The molecule has 0 bridgehead atoms. The second-order valence-electron chi connectivity index (χ2n) is 10.2. The van der Waals surface area contributed by atoms with Crippen LogP contribution >= 0.6 is 0 Å². The molecule has 3 nitrogen and oxygen atoms in total. The van der Waals surface area contributed by atoms with Crippen molar-refractivity contribution in [3.63, 3.8) is 0 Å². The molecule has 140 valence electrons. The van der Waals surface area contributed by atoms with Gasteiger partial charge in [-0.05, 0) is 74.0 Å². The molecule has 3 heteroatoms. The second-order valence-corrected chi connectivity index (χ2v) is 10.2. The highest BCUT2D eigenvalue weighted by molar-refractivity contribution is 5.60. The number of hydrogen-bond acceptors (Lipinski definition) is 3. The Morgan fingerprint density at radius 1 is 0.625 bits per heavy atom. The van der Waals surface area contributed by atoms with Crippen molar-refractivity contribution in [2.45, 2.75) is 105 Å². The third kappa shape index (κ3) is 5.67. The van der Waals surface area contributed by atoms with Crippen molar-refractivity contribution in [1.29, 1.82) is 0 Å². The van der Waals surface area contributed by atoms with Crippen molar-refractivity contribution in [1.82, 2.24) is 0 Å². The van der Waals surface area contributed by atoms with E-state index >= 15 is 0 Å². The standard InChI is InChI=1S/C21H38O3/c1-20(2,3)15-7-11-17(12-8-15)23-19(22)24-18-13-9-16(10-14-18)21(4,5)6/h15-18H,7-14H2,1-6H3. The summed E-state index contributed by atoms with van der Waals surface area (Å²) in [5.41, 5.74) is 0.717. The summed E-state index contributed by atoms with van der Waals surface area (Å²) in [5.74, 6) is 1.47. The van der Waals surface area contributed by atoms with Gasteiger partial charge in [0.15, 0.2) is 0 Å². The van der Waals surface area contributed by atoms with Gasteiger partial charge in [0.2, 0.25) is 0 Å². The Labute approximate surface area is 148 Å². The van der Waals surface area contributed by atoms with Crippen LogP contribution in [-0.4, -0.2) is 18.4 Å². The normalized spacial score (nSPS) is 32.2. The molecule has 24 heavy (non-hydrogen) atoms. The van der Waals surface area contributed by atoms with E-state index in [1.165, 1.54) is 0 Å². The predicted octanol–water partition coefficient (Wildman–Crippen LogP) is 6.35. The Hall–Kier alpha value is -0.730. The quantitative estimate of drug-likeness (QED) is 0.550. The summed E-state index contributed by atoms with van der Waals surface area (Å²) in [7, 11) is 0. The Kier molecular flexibility index (Phi) is 6.25. The van der Waals surface area contributed by atoms with Crippen molar-refractivity contribution in [2.24, 2.45) is 22.7 Å². The monoisotopic (exact) mass is 338 g/mol. The van der Waals surface area contributed by atoms with E-state index in [0.29, 0.717) is 10.8 Å². The average Bonchev–Trinajstić information content (AvgIpc) is 2.46. The molecule has 0 saturated heterocycles. The van der Waals surface area contributed by atoms with E-state index in [1.54, 1.807) is 0 Å². The van der Waals surface area contributed by atoms with Gasteiger partial charge in [0.25, 0.3) is 0 Å². The maximum Gasteiger partial charge on any atom is 0.508 e. The highest BCUT2D eigenvalue weighted by Gasteiger charge is 2.33. The maximum atomic E-state index is 12.1. The van der Waals surface area contributed by atoms with Crippen LogP contribution in [0, 0.1) is 22.7 Å². The third-order valence-electron chi connectivity index (χ3n) is 6.32. The van der Waals surface area contributed by atoms with Crippen molar-refractivity contribution in [2.75, 3.05) is 0 Å². The van der Waals surface area contributed by atoms with E-state index in [1.807, 2.05) is 0 Å². The highest BCUT2D eigenvalue weighted by atomic mass is 16.7. The first-order valence-electron chi connectivity index (χ1n) is 9.93. The van der Waals surface area contributed by atoms with E-state index in [9.17, 15) is 4.79 Å². The zero-order valence-corrected chi connectivity index (χ0v) is 16.7. The molecule has 2 aliphatic carbocycles. The zero-order chi connectivity index (χ0) is 18.0. The van der Waals surface area contributed by atoms with Crippen LogP contribution in [0.2, 0.25) is 0 Å². The summed E-state index contributed by atoms with van der Waals surface area (Å²) < 4.78 is 11.2. The molecule has 0 aliphatic heterocycles. The van der Waals surface area contributed by atoms with Gasteiger partial charge in [0, 0.05) is 0 Å². The smallest absolute Gasteiger partial charge is 0.431 e. The summed E-state index contributed by atoms with van der Waals surface area (Å²) in [6, 6.07) is 0. The molecule has 2 aliphatic rings. The molecule has 2 saturated carbocycles. The van der Waals surface area contributed by atoms with Crippen LogP contribution in [0.5, 0.6) is 0 Å². The summed E-state index contributed by atoms with van der Waals surface area (Å²) in [5, 5.41) is 0. The number of rotatable bonds is 2. The highest BCUT2D eigenvalue weighted by Crippen LogP contribution is 2.40. The average molecular weight is 339 g/mol. The Morgan fingerprint density at radius 3 is 1.17 bits per heavy atom. The number of ether oxygens (including phenoxy) is 2. The van der Waals surface area contributed by atoms with Crippen LogP contribution in [0.15, 0.2) is 0 Å². The minimum atomic E-state index is -0.437. The van der Waals surface area contributed by atoms with Crippen LogP contribution < -0.4 is 0 Å². The summed E-state index contributed by atoms with van der Waals surface area (Å²) >= 11 is 0. The van der Waals surface area contributed by atoms with Crippen molar-refractivity contribution in [3.8, 4) is 0 Å². The van der Waals surface area contributed by atoms with E-state index in [-0.39, 0.29) is 12.2 Å². The Bertz CT molecular complexity index is 362. The van der Waals surface area contributed by atoms with Gasteiger partial charge in [0.1, 0.15) is 12.2 Å². The van der Waals surface area contributed by atoms with Crippen LogP contribution in [0.4, 0.5) is 4.79 Å². The zero-order valence-electron chi connectivity index (χ0n) is 16.7. The fourth-order valence-corrected chi connectivity index (χ4v) is 4.39. The van der Waals surface area contributed by atoms with Crippen LogP contribution in [0.3, 0.4) is 0 Å². The third-order valence-corrected chi connectivity index (χ3v) is 6.32. The molecular formula is C21H38O3. The fraction of sp³-hybridized carbons (Fsp3) is 0.952. The van der Waals surface area contributed by atoms with Gasteiger partial charge in [-0.25, -0.2) is 4.79 Å². The lowest BCUT2D eigenvalue weighted by Gasteiger charge is -2.37. The first-order chi connectivity index (χ1) is 11.1. The lowest BCUT2D eigenvalue weighted by molar-refractivity contribution is -0.0341. The van der Waals surface area contributed by atoms with Crippen molar-refractivity contribution < 1.29 is 14.3 Å². The maximum absolute atomic E-state index is 12.1. The van der Waals surface area contributed by atoms with Gasteiger partial charge < -0.3 is 9.47 Å². The molecule has 0 amide bonds. The van der Waals surface area contributed by atoms with E-state index in [0.717, 1.165) is 63.2 Å². The molecule has 0 unspecified atom stereocenters. The first kappa shape index (κ1) is 19.6. The molecule has 0 radical (unpaired) electrons. The number of carbonyl (C=O) groups is 1. The summed E-state index contributed by atoms with van der Waals surface area (Å²) in [6.07, 6.45) is 8.20. The molecule has 0 N–H and O–H groups in total. The lowest BCUT2D eigenvalue weighted by atomic mass is 9.72. The molecule has 0 atom stereocenters. The van der Waals surface area contributed by atoms with Crippen molar-refractivity contribution >= 4 is 6.16 Å². The number of hydrogen-bond donors (Lipinski definition) is 0. The molecular weight excluding hydrogens is 300 g/mol. The SMILES string of the molecule is CC(C)(C)C1CCC(OC(=O)OC2CCC(C(C)(C)C)CC2)CC1. The van der Waals surface area contributed by atoms with E-state index < -0.39 is 6.16 Å². The Morgan fingerprint density at radius 2 is 0.917 bits per heavy atom. The molecule has 0 heterocycles. The molecule has 0 spiro atoms. The van der Waals surface area contributed by atoms with Crippen molar-refractivity contribution in [3.05, 3.63) is 0 Å². The minimum absolute atomic E-state index is 0.0574. The molecule has 2 rings (SSSR count). The largest absolute Gasteiger partial charge is 0.508 e. The van der Waals surface area contributed by atoms with Gasteiger partial charge in [0.05, 0.1) is 0 Å². The summed E-state index contributed by atoms with van der Waals surface area (Å²) in [6.45, 7) is 13.8. The summed E-state index contributed by atoms with van der Waals surface area (Å²) in [4.78, 5) is 12.1. The van der Waals surface area contributed by atoms with E-state index in [2.05, 4.69) is 41.5 Å². The lowest BCUT2D eigenvalue weighted by Crippen LogP contribution is -2.33. The van der Waals surface area contributed by atoms with Gasteiger partial charge in [-0.2, -0.15) is 0 Å². The second kappa shape index (κ2) is 7.66. The van der Waals surface area contributed by atoms with E-state index in [4.69, 9.17) is 9.47 Å². The molecule has 0 aromatic carbocycles. The topological polar surface area (TPSA) is 35.5 Å². The van der Waals surface area contributed by atoms with Gasteiger partial charge in [-0.1, -0.05) is 41.5 Å². The minimum Gasteiger partial charge on any atom is -0.431 e. The fourth-order valence-electron chi connectivity index (χ4n) is 4.39. The van der Waals surface area contributed by atoms with Gasteiger partial charge >= 0.3 is 6.16 Å². The molecule has 0 aromatic heterocycles.